The summed E-state index contributed by atoms with van der Waals surface area (Å²) in [6.07, 6.45) is -3.19. The third-order valence-corrected chi connectivity index (χ3v) is 3.45. The molecule has 122 valence electrons. The average Bonchev–Trinajstić information content (AvgIpc) is 2.81. The fraction of sp³-hybridized carbons (Fsp3) is 0.583. The van der Waals surface area contributed by atoms with Gasteiger partial charge in [0.1, 0.15) is 6.17 Å². The lowest BCUT2D eigenvalue weighted by Gasteiger charge is -2.29. The van der Waals surface area contributed by atoms with E-state index in [1.165, 1.54) is 0 Å². The summed E-state index contributed by atoms with van der Waals surface area (Å²) in [5.41, 5.74) is -2.26. The number of aliphatic hydroxyl groups is 2. The molecule has 3 N–H and O–H groups in total. The topological polar surface area (TPSA) is 125 Å². The lowest BCUT2D eigenvalue weighted by Crippen LogP contribution is -2.50. The standard InChI is InChI=1S/C12H16FN3O6/c1-2-22-12(21)15-6(5-17)3-8(18)9(15)16-10(19)7(13)4-14-11(16)20/h4,6,8-9,17-18H,2-3,5H2,1H3,(H,14,20)/t6-,8+,9+/m0/s1. The van der Waals surface area contributed by atoms with Gasteiger partial charge >= 0.3 is 11.8 Å². The first-order chi connectivity index (χ1) is 10.4. The van der Waals surface area contributed by atoms with E-state index >= 15 is 0 Å². The van der Waals surface area contributed by atoms with Crippen LogP contribution in [0.25, 0.3) is 0 Å². The molecule has 0 bridgehead atoms. The molecule has 9 nitrogen and oxygen atoms in total. The maximum atomic E-state index is 13.4. The van der Waals surface area contributed by atoms with Crippen LogP contribution < -0.4 is 11.2 Å². The Morgan fingerprint density at radius 3 is 2.82 bits per heavy atom. The number of H-pyrrole nitrogens is 1. The van der Waals surface area contributed by atoms with Crippen molar-refractivity contribution in [2.75, 3.05) is 13.2 Å². The molecule has 0 radical (unpaired) electrons. The molecule has 22 heavy (non-hydrogen) atoms. The molecule has 1 amide bonds. The second-order valence-corrected chi connectivity index (χ2v) is 4.78. The van der Waals surface area contributed by atoms with E-state index in [4.69, 9.17) is 4.74 Å². The van der Waals surface area contributed by atoms with Gasteiger partial charge in [0.25, 0.3) is 5.56 Å². The maximum Gasteiger partial charge on any atom is 0.411 e. The largest absolute Gasteiger partial charge is 0.450 e. The Kier molecular flexibility index (Phi) is 4.62. The number of amides is 1. The van der Waals surface area contributed by atoms with Crippen molar-refractivity contribution >= 4 is 6.09 Å². The monoisotopic (exact) mass is 317 g/mol. The molecule has 0 saturated carbocycles. The van der Waals surface area contributed by atoms with Crippen LogP contribution in [0, 0.1) is 5.82 Å². The minimum atomic E-state index is -1.46. The van der Waals surface area contributed by atoms with E-state index < -0.39 is 48.1 Å². The van der Waals surface area contributed by atoms with Gasteiger partial charge in [-0.2, -0.15) is 4.39 Å². The van der Waals surface area contributed by atoms with Gasteiger partial charge in [-0.25, -0.2) is 14.2 Å². The number of nitrogens with one attached hydrogen (secondary N) is 1. The summed E-state index contributed by atoms with van der Waals surface area (Å²) in [4.78, 5) is 38.6. The van der Waals surface area contributed by atoms with Crippen LogP contribution in [0.15, 0.2) is 15.8 Å². The molecule has 1 saturated heterocycles. The van der Waals surface area contributed by atoms with Crippen molar-refractivity contribution in [1.82, 2.24) is 14.5 Å². The third-order valence-electron chi connectivity index (χ3n) is 3.45. The highest BCUT2D eigenvalue weighted by Crippen LogP contribution is 2.31. The van der Waals surface area contributed by atoms with Crippen LogP contribution in [0.4, 0.5) is 9.18 Å². The van der Waals surface area contributed by atoms with Crippen LogP contribution in [0.5, 0.6) is 0 Å². The number of aliphatic hydroxyl groups excluding tert-OH is 2. The molecule has 1 fully saturated rings. The number of aromatic amines is 1. The number of carbonyl (C=O) groups excluding carboxylic acids is 1. The van der Waals surface area contributed by atoms with Gasteiger partial charge in [-0.1, -0.05) is 0 Å². The van der Waals surface area contributed by atoms with E-state index in [2.05, 4.69) is 0 Å². The Bertz CT molecular complexity index is 672. The van der Waals surface area contributed by atoms with E-state index in [1.807, 2.05) is 4.98 Å². The van der Waals surface area contributed by atoms with Crippen LogP contribution in [0.2, 0.25) is 0 Å². The Hall–Kier alpha value is -2.20. The van der Waals surface area contributed by atoms with E-state index in [0.717, 1.165) is 4.90 Å². The van der Waals surface area contributed by atoms with Crippen molar-refractivity contribution in [2.24, 2.45) is 0 Å². The molecule has 3 atom stereocenters. The third kappa shape index (κ3) is 2.62. The SMILES string of the molecule is CCOC(=O)N1[C@H](CO)C[C@@H](O)[C@H]1n1c(=O)[nH]cc(F)c1=O. The van der Waals surface area contributed by atoms with Crippen LogP contribution in [0.3, 0.4) is 0 Å². The summed E-state index contributed by atoms with van der Waals surface area (Å²) in [6, 6.07) is -0.853. The smallest absolute Gasteiger partial charge is 0.411 e. The number of hydrogen-bond donors (Lipinski definition) is 3. The number of hydrogen-bond acceptors (Lipinski definition) is 6. The Morgan fingerprint density at radius 1 is 1.55 bits per heavy atom. The lowest BCUT2D eigenvalue weighted by atomic mass is 10.2. The lowest BCUT2D eigenvalue weighted by molar-refractivity contribution is 0.0322. The summed E-state index contributed by atoms with van der Waals surface area (Å²) < 4.78 is 18.6. The minimum Gasteiger partial charge on any atom is -0.450 e. The molecule has 1 aliphatic rings. The zero-order valence-corrected chi connectivity index (χ0v) is 11.7. The number of halogens is 1. The first-order valence-corrected chi connectivity index (χ1v) is 6.66. The quantitative estimate of drug-likeness (QED) is 0.640. The van der Waals surface area contributed by atoms with Crippen LogP contribution >= 0.6 is 0 Å². The Balaban J connectivity index is 2.56. The highest BCUT2D eigenvalue weighted by Gasteiger charge is 2.46. The molecule has 0 aromatic carbocycles. The van der Waals surface area contributed by atoms with Crippen LogP contribution in [-0.4, -0.2) is 56.1 Å². The number of ether oxygens (including phenoxy) is 1. The molecule has 1 aromatic rings. The van der Waals surface area contributed by atoms with Crippen LogP contribution in [-0.2, 0) is 4.74 Å². The van der Waals surface area contributed by atoms with Gasteiger partial charge in [-0.15, -0.1) is 0 Å². The van der Waals surface area contributed by atoms with Gasteiger partial charge in [-0.3, -0.25) is 9.69 Å². The fourth-order valence-electron chi connectivity index (χ4n) is 2.53. The van der Waals surface area contributed by atoms with E-state index in [-0.39, 0.29) is 13.0 Å². The zero-order valence-electron chi connectivity index (χ0n) is 11.7. The molecule has 10 heteroatoms. The van der Waals surface area contributed by atoms with Gasteiger partial charge < -0.3 is 19.9 Å². The van der Waals surface area contributed by atoms with Crippen molar-refractivity contribution < 1.29 is 24.1 Å². The molecule has 0 spiro atoms. The molecule has 2 rings (SSSR count). The predicted molar refractivity (Wildman–Crippen MR) is 70.7 cm³/mol. The van der Waals surface area contributed by atoms with Gasteiger partial charge in [0.2, 0.25) is 5.82 Å². The van der Waals surface area contributed by atoms with Crippen molar-refractivity contribution in [3.63, 3.8) is 0 Å². The van der Waals surface area contributed by atoms with Crippen LogP contribution in [0.1, 0.15) is 19.5 Å². The molecule has 0 unspecified atom stereocenters. The summed E-state index contributed by atoms with van der Waals surface area (Å²) in [6.45, 7) is 1.06. The van der Waals surface area contributed by atoms with Gasteiger partial charge in [0.05, 0.1) is 25.4 Å². The molecule has 0 aliphatic carbocycles. The van der Waals surface area contributed by atoms with E-state index in [1.54, 1.807) is 6.92 Å². The Morgan fingerprint density at radius 2 is 2.23 bits per heavy atom. The maximum absolute atomic E-state index is 13.4. The second-order valence-electron chi connectivity index (χ2n) is 4.78. The highest BCUT2D eigenvalue weighted by atomic mass is 19.1. The Labute approximate surface area is 123 Å². The van der Waals surface area contributed by atoms with Gasteiger partial charge in [-0.05, 0) is 6.92 Å². The van der Waals surface area contributed by atoms with E-state index in [0.29, 0.717) is 10.8 Å². The minimum absolute atomic E-state index is 0.0186. The summed E-state index contributed by atoms with van der Waals surface area (Å²) in [5, 5.41) is 19.4. The summed E-state index contributed by atoms with van der Waals surface area (Å²) in [5.74, 6) is -1.23. The van der Waals surface area contributed by atoms with Crippen molar-refractivity contribution in [3.8, 4) is 0 Å². The first-order valence-electron chi connectivity index (χ1n) is 6.66. The number of likely N-dealkylation sites (tertiary alicyclic amines) is 1. The van der Waals surface area contributed by atoms with Crippen molar-refractivity contribution in [1.29, 1.82) is 0 Å². The van der Waals surface area contributed by atoms with Gasteiger partial charge in [0.15, 0.2) is 0 Å². The summed E-state index contributed by atoms with van der Waals surface area (Å²) >= 11 is 0. The predicted octanol–water partition coefficient (Wildman–Crippen LogP) is -1.24. The highest BCUT2D eigenvalue weighted by molar-refractivity contribution is 5.68. The van der Waals surface area contributed by atoms with E-state index in [9.17, 15) is 29.0 Å². The normalized spacial score (nSPS) is 24.5. The average molecular weight is 317 g/mol. The number of nitrogens with zero attached hydrogens (tertiary/aromatic N) is 2. The van der Waals surface area contributed by atoms with Crippen molar-refractivity contribution in [2.45, 2.75) is 31.7 Å². The fourth-order valence-corrected chi connectivity index (χ4v) is 2.53. The van der Waals surface area contributed by atoms with Gasteiger partial charge in [0, 0.05) is 12.6 Å². The summed E-state index contributed by atoms with van der Waals surface area (Å²) in [7, 11) is 0. The molecular weight excluding hydrogens is 301 g/mol. The molecule has 2 heterocycles. The number of aromatic nitrogens is 2. The molecule has 1 aromatic heterocycles. The second kappa shape index (κ2) is 6.28. The molecule has 1 aliphatic heterocycles. The zero-order chi connectivity index (χ0) is 16.4. The van der Waals surface area contributed by atoms with Crippen molar-refractivity contribution in [3.05, 3.63) is 32.9 Å². The number of rotatable bonds is 3. The first kappa shape index (κ1) is 16.2. The number of carbonyl (C=O) groups is 1. The molecular formula is C12H16FN3O6.